The number of anilines is 1. The van der Waals surface area contributed by atoms with Crippen LogP contribution in [0.3, 0.4) is 0 Å². The molecular weight excluding hydrogens is 238 g/mol. The Balaban J connectivity index is 2.99. The first kappa shape index (κ1) is 13.3. The molecule has 1 aromatic carbocycles. The molecule has 0 aliphatic heterocycles. The molecule has 0 aliphatic rings. The fourth-order valence-electron chi connectivity index (χ4n) is 1.50. The largest absolute Gasteiger partial charge is 0.370 e. The van der Waals surface area contributed by atoms with E-state index >= 15 is 0 Å². The summed E-state index contributed by atoms with van der Waals surface area (Å²) in [7, 11) is 1.74. The van der Waals surface area contributed by atoms with Crippen LogP contribution in [-0.4, -0.2) is 19.0 Å². The van der Waals surface area contributed by atoms with Crippen LogP contribution < -0.4 is 16.0 Å². The highest BCUT2D eigenvalue weighted by Gasteiger charge is 2.11. The predicted octanol–water partition coefficient (Wildman–Crippen LogP) is 1.76. The van der Waals surface area contributed by atoms with Gasteiger partial charge in [-0.05, 0) is 30.2 Å². The summed E-state index contributed by atoms with van der Waals surface area (Å²) in [4.78, 5) is 1.62. The van der Waals surface area contributed by atoms with E-state index in [0.717, 1.165) is 17.7 Å². The van der Waals surface area contributed by atoms with E-state index in [9.17, 15) is 0 Å². The van der Waals surface area contributed by atoms with Gasteiger partial charge in [0.2, 0.25) is 5.96 Å². The van der Waals surface area contributed by atoms with Crippen molar-refractivity contribution >= 4 is 29.2 Å². The van der Waals surface area contributed by atoms with Gasteiger partial charge in [-0.3, -0.25) is 16.1 Å². The van der Waals surface area contributed by atoms with Crippen molar-refractivity contribution in [2.45, 2.75) is 13.3 Å². The fraction of sp³-hybridized carbons (Fsp3) is 0.273. The van der Waals surface area contributed by atoms with Crippen molar-refractivity contribution in [3.63, 3.8) is 0 Å². The Labute approximate surface area is 106 Å². The Kier molecular flexibility index (Phi) is 4.34. The molecule has 0 unspecified atom stereocenters. The SMILES string of the molecule is CCc1cc(Cl)ccc1N(C)C(=N)NC(=N)N. The Morgan fingerprint density at radius 3 is 2.65 bits per heavy atom. The number of nitrogens with one attached hydrogen (secondary N) is 3. The van der Waals surface area contributed by atoms with Gasteiger partial charge in [0.05, 0.1) is 0 Å². The normalized spacial score (nSPS) is 9.82. The van der Waals surface area contributed by atoms with Gasteiger partial charge < -0.3 is 10.6 Å². The first-order valence-electron chi connectivity index (χ1n) is 5.17. The third-order valence-corrected chi connectivity index (χ3v) is 2.61. The zero-order chi connectivity index (χ0) is 13.0. The number of guanidine groups is 2. The molecule has 0 saturated carbocycles. The van der Waals surface area contributed by atoms with Gasteiger partial charge in [-0.15, -0.1) is 0 Å². The fourth-order valence-corrected chi connectivity index (χ4v) is 1.69. The quantitative estimate of drug-likeness (QED) is 0.478. The summed E-state index contributed by atoms with van der Waals surface area (Å²) in [5, 5.41) is 18.0. The molecule has 5 nitrogen and oxygen atoms in total. The Morgan fingerprint density at radius 2 is 2.12 bits per heavy atom. The molecule has 0 aliphatic carbocycles. The monoisotopic (exact) mass is 253 g/mol. The van der Waals surface area contributed by atoms with Crippen molar-refractivity contribution in [1.29, 1.82) is 10.8 Å². The maximum atomic E-state index is 7.75. The van der Waals surface area contributed by atoms with Crippen molar-refractivity contribution in [3.8, 4) is 0 Å². The molecule has 92 valence electrons. The van der Waals surface area contributed by atoms with Crippen LogP contribution in [0.25, 0.3) is 0 Å². The van der Waals surface area contributed by atoms with Crippen LogP contribution >= 0.6 is 11.6 Å². The first-order chi connectivity index (χ1) is 7.95. The summed E-state index contributed by atoms with van der Waals surface area (Å²) in [5.74, 6) is -0.205. The summed E-state index contributed by atoms with van der Waals surface area (Å²) >= 11 is 5.92. The van der Waals surface area contributed by atoms with Gasteiger partial charge in [0.25, 0.3) is 0 Å². The smallest absolute Gasteiger partial charge is 0.202 e. The molecular formula is C11H16ClN5. The molecule has 6 heteroatoms. The van der Waals surface area contributed by atoms with Gasteiger partial charge >= 0.3 is 0 Å². The third kappa shape index (κ3) is 3.35. The number of hydrogen-bond acceptors (Lipinski definition) is 2. The van der Waals surface area contributed by atoms with E-state index < -0.39 is 0 Å². The number of benzene rings is 1. The molecule has 0 radical (unpaired) electrons. The highest BCUT2D eigenvalue weighted by Crippen LogP contribution is 2.23. The summed E-state index contributed by atoms with van der Waals surface area (Å²) in [5.41, 5.74) is 7.10. The minimum atomic E-state index is -0.256. The van der Waals surface area contributed by atoms with Gasteiger partial charge in [-0.2, -0.15) is 0 Å². The lowest BCUT2D eigenvalue weighted by molar-refractivity contribution is 1.07. The van der Waals surface area contributed by atoms with E-state index in [-0.39, 0.29) is 11.9 Å². The number of hydrogen-bond donors (Lipinski definition) is 4. The second kappa shape index (κ2) is 5.54. The zero-order valence-electron chi connectivity index (χ0n) is 9.84. The van der Waals surface area contributed by atoms with Gasteiger partial charge in [0, 0.05) is 17.8 Å². The van der Waals surface area contributed by atoms with Crippen molar-refractivity contribution in [3.05, 3.63) is 28.8 Å². The molecule has 0 saturated heterocycles. The minimum Gasteiger partial charge on any atom is -0.370 e. The van der Waals surface area contributed by atoms with E-state index in [1.54, 1.807) is 18.0 Å². The number of nitrogens with zero attached hydrogens (tertiary/aromatic N) is 1. The number of nitrogens with two attached hydrogens (primary N) is 1. The molecule has 5 N–H and O–H groups in total. The van der Waals surface area contributed by atoms with Crippen LogP contribution in [0.2, 0.25) is 5.02 Å². The van der Waals surface area contributed by atoms with Crippen molar-refractivity contribution in [1.82, 2.24) is 5.32 Å². The van der Waals surface area contributed by atoms with E-state index in [2.05, 4.69) is 5.32 Å². The lowest BCUT2D eigenvalue weighted by Gasteiger charge is -2.23. The van der Waals surface area contributed by atoms with E-state index in [4.69, 9.17) is 28.2 Å². The lowest BCUT2D eigenvalue weighted by Crippen LogP contribution is -2.44. The summed E-state index contributed by atoms with van der Waals surface area (Å²) < 4.78 is 0. The maximum absolute atomic E-state index is 7.75. The van der Waals surface area contributed by atoms with Gasteiger partial charge in [-0.1, -0.05) is 18.5 Å². The van der Waals surface area contributed by atoms with Crippen molar-refractivity contribution < 1.29 is 0 Å². The van der Waals surface area contributed by atoms with Gasteiger partial charge in [0.1, 0.15) is 0 Å². The van der Waals surface area contributed by atoms with E-state index in [0.29, 0.717) is 5.02 Å². The molecule has 0 amide bonds. The van der Waals surface area contributed by atoms with Crippen LogP contribution in [0.4, 0.5) is 5.69 Å². The average molecular weight is 254 g/mol. The molecule has 0 atom stereocenters. The second-order valence-electron chi connectivity index (χ2n) is 3.57. The predicted molar refractivity (Wildman–Crippen MR) is 72.0 cm³/mol. The summed E-state index contributed by atoms with van der Waals surface area (Å²) in [6, 6.07) is 5.49. The lowest BCUT2D eigenvalue weighted by atomic mass is 10.1. The van der Waals surface area contributed by atoms with Crippen LogP contribution in [0.1, 0.15) is 12.5 Å². The molecule has 1 rings (SSSR count). The Hall–Kier alpha value is -1.75. The van der Waals surface area contributed by atoms with E-state index in [1.807, 2.05) is 19.1 Å². The molecule has 1 aromatic rings. The number of halogens is 1. The van der Waals surface area contributed by atoms with E-state index in [1.165, 1.54) is 0 Å². The van der Waals surface area contributed by atoms with Gasteiger partial charge in [0.15, 0.2) is 5.96 Å². The molecule has 0 aromatic heterocycles. The molecule has 0 spiro atoms. The summed E-state index contributed by atoms with van der Waals surface area (Å²) in [6.07, 6.45) is 0.813. The maximum Gasteiger partial charge on any atom is 0.202 e. The number of rotatable bonds is 2. The molecule has 0 heterocycles. The highest BCUT2D eigenvalue weighted by molar-refractivity contribution is 6.30. The Bertz CT molecular complexity index is 443. The zero-order valence-corrected chi connectivity index (χ0v) is 10.6. The molecule has 0 fully saturated rings. The standard InChI is InChI=1S/C11H16ClN5/c1-3-7-6-8(12)4-5-9(7)17(2)11(15)16-10(13)14/h4-6H,3H2,1-2H3,(H5,13,14,15,16). The van der Waals surface area contributed by atoms with Crippen LogP contribution in [-0.2, 0) is 6.42 Å². The minimum absolute atomic E-state index is 0.0505. The molecule has 0 bridgehead atoms. The highest BCUT2D eigenvalue weighted by atomic mass is 35.5. The number of aryl methyl sites for hydroxylation is 1. The molecule has 17 heavy (non-hydrogen) atoms. The van der Waals surface area contributed by atoms with Crippen LogP contribution in [0.15, 0.2) is 18.2 Å². The average Bonchev–Trinajstić information content (AvgIpc) is 2.27. The van der Waals surface area contributed by atoms with Crippen molar-refractivity contribution in [2.75, 3.05) is 11.9 Å². The first-order valence-corrected chi connectivity index (χ1v) is 5.55. The topological polar surface area (TPSA) is 89.0 Å². The Morgan fingerprint density at radius 1 is 1.47 bits per heavy atom. The van der Waals surface area contributed by atoms with Crippen LogP contribution in [0.5, 0.6) is 0 Å². The second-order valence-corrected chi connectivity index (χ2v) is 4.01. The van der Waals surface area contributed by atoms with Crippen molar-refractivity contribution in [2.24, 2.45) is 5.73 Å². The summed E-state index contributed by atoms with van der Waals surface area (Å²) in [6.45, 7) is 2.02. The van der Waals surface area contributed by atoms with Gasteiger partial charge in [-0.25, -0.2) is 0 Å². The third-order valence-electron chi connectivity index (χ3n) is 2.37. The van der Waals surface area contributed by atoms with Crippen LogP contribution in [0, 0.1) is 10.8 Å².